The first-order chi connectivity index (χ1) is 7.18. The predicted octanol–water partition coefficient (Wildman–Crippen LogP) is 1.91. The summed E-state index contributed by atoms with van der Waals surface area (Å²) >= 11 is 0. The van der Waals surface area contributed by atoms with Gasteiger partial charge in [-0.1, -0.05) is 18.2 Å². The fraction of sp³-hybridized carbons (Fsp3) is 0.417. The minimum absolute atomic E-state index is 0.952. The van der Waals surface area contributed by atoms with Gasteiger partial charge in [-0.05, 0) is 27.1 Å². The molecule has 0 saturated carbocycles. The molecule has 0 radical (unpaired) electrons. The molecule has 3 nitrogen and oxygen atoms in total. The van der Waals surface area contributed by atoms with Gasteiger partial charge in [-0.2, -0.15) is 5.10 Å². The van der Waals surface area contributed by atoms with Gasteiger partial charge in [0.05, 0.1) is 12.1 Å². The van der Waals surface area contributed by atoms with Crippen LogP contribution in [0.15, 0.2) is 24.3 Å². The minimum Gasteiger partial charge on any atom is -0.308 e. The van der Waals surface area contributed by atoms with E-state index >= 15 is 0 Å². The van der Waals surface area contributed by atoms with Crippen molar-refractivity contribution in [3.63, 3.8) is 0 Å². The van der Waals surface area contributed by atoms with Gasteiger partial charge in [0.25, 0.3) is 0 Å². The van der Waals surface area contributed by atoms with Crippen molar-refractivity contribution in [1.29, 1.82) is 0 Å². The molecule has 0 amide bonds. The van der Waals surface area contributed by atoms with Crippen LogP contribution in [0.1, 0.15) is 5.69 Å². The summed E-state index contributed by atoms with van der Waals surface area (Å²) in [6.07, 6.45) is 0. The van der Waals surface area contributed by atoms with Crippen LogP contribution in [0.3, 0.4) is 0 Å². The summed E-state index contributed by atoms with van der Waals surface area (Å²) in [6, 6.07) is 8.29. The summed E-state index contributed by atoms with van der Waals surface area (Å²) in [6.45, 7) is 4.10. The molecule has 15 heavy (non-hydrogen) atoms. The van der Waals surface area contributed by atoms with Gasteiger partial charge in [0.2, 0.25) is 0 Å². The van der Waals surface area contributed by atoms with Crippen LogP contribution in [0.4, 0.5) is 0 Å². The molecule has 0 spiro atoms. The maximum Gasteiger partial charge on any atom is 0.0926 e. The second-order valence-corrected chi connectivity index (χ2v) is 4.13. The Bertz CT molecular complexity index is 457. The van der Waals surface area contributed by atoms with E-state index in [1.165, 1.54) is 11.1 Å². The van der Waals surface area contributed by atoms with Crippen LogP contribution in [0.5, 0.6) is 0 Å². The monoisotopic (exact) mass is 203 g/mol. The van der Waals surface area contributed by atoms with Crippen LogP contribution < -0.4 is 0 Å². The smallest absolute Gasteiger partial charge is 0.0926 e. The highest BCUT2D eigenvalue weighted by molar-refractivity contribution is 5.81. The fourth-order valence-corrected chi connectivity index (χ4v) is 1.72. The summed E-state index contributed by atoms with van der Waals surface area (Å²) in [4.78, 5) is 2.17. The lowest BCUT2D eigenvalue weighted by molar-refractivity contribution is 0.372. The van der Waals surface area contributed by atoms with Crippen LogP contribution in [-0.4, -0.2) is 35.3 Å². The Morgan fingerprint density at radius 2 is 2.00 bits per heavy atom. The topological polar surface area (TPSA) is 21.1 Å². The number of aryl methyl sites for hydroxylation is 1. The van der Waals surface area contributed by atoms with E-state index in [-0.39, 0.29) is 0 Å². The molecule has 0 aliphatic rings. The van der Waals surface area contributed by atoms with E-state index in [4.69, 9.17) is 0 Å². The molecule has 3 heteroatoms. The second kappa shape index (κ2) is 4.03. The third kappa shape index (κ3) is 2.02. The van der Waals surface area contributed by atoms with Crippen LogP contribution in [0.2, 0.25) is 0 Å². The Labute approximate surface area is 90.3 Å². The molecule has 0 aliphatic carbocycles. The lowest BCUT2D eigenvalue weighted by Gasteiger charge is -2.10. The van der Waals surface area contributed by atoms with E-state index in [9.17, 15) is 0 Å². The molecule has 0 unspecified atom stereocenters. The summed E-state index contributed by atoms with van der Waals surface area (Å²) < 4.78 is 2.09. The van der Waals surface area contributed by atoms with Crippen molar-refractivity contribution in [2.24, 2.45) is 0 Å². The molecular weight excluding hydrogens is 186 g/mol. The average molecular weight is 203 g/mol. The number of rotatable bonds is 3. The molecule has 0 aliphatic heterocycles. The van der Waals surface area contributed by atoms with Crippen LogP contribution in [-0.2, 0) is 6.54 Å². The van der Waals surface area contributed by atoms with E-state index in [2.05, 4.69) is 53.9 Å². The van der Waals surface area contributed by atoms with Crippen molar-refractivity contribution in [3.05, 3.63) is 30.0 Å². The van der Waals surface area contributed by atoms with E-state index in [1.54, 1.807) is 0 Å². The predicted molar refractivity (Wildman–Crippen MR) is 63.0 cm³/mol. The van der Waals surface area contributed by atoms with Crippen molar-refractivity contribution < 1.29 is 0 Å². The van der Waals surface area contributed by atoms with Gasteiger partial charge in [-0.15, -0.1) is 0 Å². The maximum absolute atomic E-state index is 4.57. The van der Waals surface area contributed by atoms with Gasteiger partial charge in [0, 0.05) is 17.6 Å². The zero-order valence-corrected chi connectivity index (χ0v) is 9.57. The fourth-order valence-electron chi connectivity index (χ4n) is 1.72. The van der Waals surface area contributed by atoms with Gasteiger partial charge in [-0.3, -0.25) is 4.68 Å². The van der Waals surface area contributed by atoms with E-state index in [1.807, 2.05) is 6.07 Å². The number of hydrogen-bond donors (Lipinski definition) is 0. The molecular formula is C12H17N3. The first-order valence-electron chi connectivity index (χ1n) is 5.25. The molecule has 0 fully saturated rings. The van der Waals surface area contributed by atoms with E-state index < -0.39 is 0 Å². The third-order valence-corrected chi connectivity index (χ3v) is 2.67. The highest BCUT2D eigenvalue weighted by Crippen LogP contribution is 2.16. The molecule has 0 bridgehead atoms. The van der Waals surface area contributed by atoms with Gasteiger partial charge in [-0.25, -0.2) is 0 Å². The van der Waals surface area contributed by atoms with E-state index in [0.29, 0.717) is 0 Å². The van der Waals surface area contributed by atoms with Crippen molar-refractivity contribution >= 4 is 10.9 Å². The molecule has 1 heterocycles. The lowest BCUT2D eigenvalue weighted by Crippen LogP contribution is -2.19. The molecule has 0 N–H and O–H groups in total. The molecule has 0 atom stereocenters. The number of hydrogen-bond acceptors (Lipinski definition) is 2. The number of aromatic nitrogens is 2. The van der Waals surface area contributed by atoms with Crippen molar-refractivity contribution in [1.82, 2.24) is 14.7 Å². The normalized spacial score (nSPS) is 11.5. The van der Waals surface area contributed by atoms with Crippen molar-refractivity contribution in [3.8, 4) is 0 Å². The van der Waals surface area contributed by atoms with Crippen LogP contribution in [0.25, 0.3) is 10.9 Å². The second-order valence-electron chi connectivity index (χ2n) is 4.13. The molecule has 2 aromatic rings. The maximum atomic E-state index is 4.57. The zero-order chi connectivity index (χ0) is 10.8. The average Bonchev–Trinajstić information content (AvgIpc) is 2.54. The van der Waals surface area contributed by atoms with Crippen molar-refractivity contribution in [2.45, 2.75) is 13.5 Å². The summed E-state index contributed by atoms with van der Waals surface area (Å²) in [5.41, 5.74) is 2.35. The largest absolute Gasteiger partial charge is 0.308 e. The zero-order valence-electron chi connectivity index (χ0n) is 9.57. The van der Waals surface area contributed by atoms with Gasteiger partial charge in [0.1, 0.15) is 0 Å². The third-order valence-electron chi connectivity index (χ3n) is 2.67. The highest BCUT2D eigenvalue weighted by Gasteiger charge is 2.05. The Morgan fingerprint density at radius 1 is 1.27 bits per heavy atom. The summed E-state index contributed by atoms with van der Waals surface area (Å²) in [7, 11) is 4.16. The number of nitrogens with zero attached hydrogens (tertiary/aromatic N) is 3. The number of benzene rings is 1. The summed E-state index contributed by atoms with van der Waals surface area (Å²) in [5.74, 6) is 0. The van der Waals surface area contributed by atoms with Crippen LogP contribution in [0, 0.1) is 6.92 Å². The summed E-state index contributed by atoms with van der Waals surface area (Å²) in [5, 5.41) is 5.83. The molecule has 0 saturated heterocycles. The molecule has 1 aromatic carbocycles. The Morgan fingerprint density at radius 3 is 2.67 bits per heavy atom. The Balaban J connectivity index is 2.32. The molecule has 1 aromatic heterocycles. The molecule has 2 rings (SSSR count). The first kappa shape index (κ1) is 10.2. The SMILES string of the molecule is Cc1c2ccccc2nn1CCN(C)C. The Kier molecular flexibility index (Phi) is 2.73. The van der Waals surface area contributed by atoms with Gasteiger partial charge in [0.15, 0.2) is 0 Å². The van der Waals surface area contributed by atoms with Crippen molar-refractivity contribution in [2.75, 3.05) is 20.6 Å². The standard InChI is InChI=1S/C12H17N3/c1-10-11-6-4-5-7-12(11)13-15(10)9-8-14(2)3/h4-7H,8-9H2,1-3H3. The Hall–Kier alpha value is -1.35. The first-order valence-corrected chi connectivity index (χ1v) is 5.25. The minimum atomic E-state index is 0.952. The van der Waals surface area contributed by atoms with Crippen LogP contribution >= 0.6 is 0 Å². The van der Waals surface area contributed by atoms with Gasteiger partial charge >= 0.3 is 0 Å². The molecule has 80 valence electrons. The van der Waals surface area contributed by atoms with Gasteiger partial charge < -0.3 is 4.90 Å². The number of likely N-dealkylation sites (N-methyl/N-ethyl adjacent to an activating group) is 1. The lowest BCUT2D eigenvalue weighted by atomic mass is 10.2. The van der Waals surface area contributed by atoms with E-state index in [0.717, 1.165) is 18.6 Å². The quantitative estimate of drug-likeness (QED) is 0.759. The highest BCUT2D eigenvalue weighted by atomic mass is 15.3. The number of fused-ring (bicyclic) bond motifs is 1.